The van der Waals surface area contributed by atoms with Gasteiger partial charge in [0.15, 0.2) is 11.5 Å². The minimum absolute atomic E-state index is 0.328. The van der Waals surface area contributed by atoms with E-state index in [-0.39, 0.29) is 0 Å². The number of carbonyl (C=O) groups excluding carboxylic acids is 1. The van der Waals surface area contributed by atoms with Gasteiger partial charge in [-0.2, -0.15) is 0 Å². The first-order chi connectivity index (χ1) is 7.81. The van der Waals surface area contributed by atoms with Crippen LogP contribution in [0.15, 0.2) is 36.6 Å². The van der Waals surface area contributed by atoms with E-state index < -0.39 is 12.1 Å². The third-order valence-electron chi connectivity index (χ3n) is 2.07. The van der Waals surface area contributed by atoms with Gasteiger partial charge in [0, 0.05) is 6.08 Å². The molecule has 0 saturated carbocycles. The largest absolute Gasteiger partial charge is 0.471 e. The Bertz CT molecular complexity index is 411. The molecule has 16 heavy (non-hydrogen) atoms. The monoisotopic (exact) mass is 220 g/mol. The third-order valence-corrected chi connectivity index (χ3v) is 2.07. The Morgan fingerprint density at radius 3 is 2.88 bits per heavy atom. The van der Waals surface area contributed by atoms with Gasteiger partial charge in [0.2, 0.25) is 6.10 Å². The van der Waals surface area contributed by atoms with Crippen LogP contribution in [0.3, 0.4) is 0 Å². The lowest BCUT2D eigenvalue weighted by molar-refractivity contribution is -0.149. The van der Waals surface area contributed by atoms with Crippen molar-refractivity contribution < 1.29 is 19.0 Å². The van der Waals surface area contributed by atoms with Crippen molar-refractivity contribution in [2.24, 2.45) is 0 Å². The maximum atomic E-state index is 11.5. The predicted octanol–water partition coefficient (Wildman–Crippen LogP) is 1.90. The second kappa shape index (κ2) is 4.70. The summed E-state index contributed by atoms with van der Waals surface area (Å²) in [5, 5.41) is 0. The molecule has 84 valence electrons. The van der Waals surface area contributed by atoms with Gasteiger partial charge in [-0.1, -0.05) is 12.1 Å². The number of fused-ring (bicyclic) bond motifs is 1. The molecule has 0 amide bonds. The molecule has 1 aliphatic heterocycles. The lowest BCUT2D eigenvalue weighted by Gasteiger charge is -2.12. The molecule has 0 aromatic heterocycles. The van der Waals surface area contributed by atoms with Crippen LogP contribution in [0.2, 0.25) is 0 Å². The number of benzene rings is 1. The SMILES string of the molecule is CCOC(=O)[C@H]1C=COc2ccccc2O1. The van der Waals surface area contributed by atoms with E-state index in [1.807, 2.05) is 12.1 Å². The fourth-order valence-corrected chi connectivity index (χ4v) is 1.36. The lowest BCUT2D eigenvalue weighted by atomic mass is 10.3. The van der Waals surface area contributed by atoms with E-state index in [0.29, 0.717) is 18.1 Å². The van der Waals surface area contributed by atoms with Gasteiger partial charge in [-0.05, 0) is 19.1 Å². The first kappa shape index (κ1) is 10.5. The van der Waals surface area contributed by atoms with Gasteiger partial charge in [0.1, 0.15) is 0 Å². The number of hydrogen-bond acceptors (Lipinski definition) is 4. The fraction of sp³-hybridized carbons (Fsp3) is 0.250. The van der Waals surface area contributed by atoms with Gasteiger partial charge in [-0.25, -0.2) is 4.79 Å². The first-order valence-corrected chi connectivity index (χ1v) is 5.07. The van der Waals surface area contributed by atoms with Crippen LogP contribution in [0.5, 0.6) is 11.5 Å². The van der Waals surface area contributed by atoms with E-state index in [9.17, 15) is 4.79 Å². The molecular weight excluding hydrogens is 208 g/mol. The zero-order chi connectivity index (χ0) is 11.4. The smallest absolute Gasteiger partial charge is 0.351 e. The van der Waals surface area contributed by atoms with E-state index in [1.54, 1.807) is 19.1 Å². The zero-order valence-electron chi connectivity index (χ0n) is 8.88. The van der Waals surface area contributed by atoms with Crippen molar-refractivity contribution in [3.05, 3.63) is 36.6 Å². The number of rotatable bonds is 2. The van der Waals surface area contributed by atoms with Crippen LogP contribution in [0.4, 0.5) is 0 Å². The summed E-state index contributed by atoms with van der Waals surface area (Å²) < 4.78 is 15.7. The van der Waals surface area contributed by atoms with Gasteiger partial charge in [0.05, 0.1) is 12.9 Å². The van der Waals surface area contributed by atoms with Gasteiger partial charge in [-0.15, -0.1) is 0 Å². The van der Waals surface area contributed by atoms with Crippen LogP contribution in [-0.2, 0) is 9.53 Å². The standard InChI is InChI=1S/C12H12O4/c1-2-14-12(13)11-7-8-15-9-5-3-4-6-10(9)16-11/h3-8,11H,2H2,1H3/t11-/m1/s1. The number of para-hydroxylation sites is 2. The van der Waals surface area contributed by atoms with Gasteiger partial charge >= 0.3 is 5.97 Å². The second-order valence-electron chi connectivity index (χ2n) is 3.18. The fourth-order valence-electron chi connectivity index (χ4n) is 1.36. The van der Waals surface area contributed by atoms with Crippen LogP contribution in [0.25, 0.3) is 0 Å². The van der Waals surface area contributed by atoms with E-state index in [4.69, 9.17) is 14.2 Å². The Morgan fingerprint density at radius 2 is 2.12 bits per heavy atom. The summed E-state index contributed by atoms with van der Waals surface area (Å²) in [4.78, 5) is 11.5. The quantitative estimate of drug-likeness (QED) is 0.714. The molecule has 0 N–H and O–H groups in total. The maximum Gasteiger partial charge on any atom is 0.351 e. The van der Waals surface area contributed by atoms with E-state index in [2.05, 4.69) is 0 Å². The second-order valence-corrected chi connectivity index (χ2v) is 3.18. The minimum atomic E-state index is -0.747. The minimum Gasteiger partial charge on any atom is -0.471 e. The van der Waals surface area contributed by atoms with Gasteiger partial charge in [-0.3, -0.25) is 0 Å². The molecule has 1 atom stereocenters. The Kier molecular flexibility index (Phi) is 3.10. The number of carbonyl (C=O) groups is 1. The first-order valence-electron chi connectivity index (χ1n) is 5.07. The molecule has 0 fully saturated rings. The Hall–Kier alpha value is -1.97. The molecule has 1 aromatic carbocycles. The van der Waals surface area contributed by atoms with E-state index >= 15 is 0 Å². The Morgan fingerprint density at radius 1 is 1.38 bits per heavy atom. The molecule has 4 heteroatoms. The summed E-state index contributed by atoms with van der Waals surface area (Å²) in [6.07, 6.45) is 2.22. The molecule has 2 rings (SSSR count). The van der Waals surface area contributed by atoms with Crippen molar-refractivity contribution in [1.29, 1.82) is 0 Å². The molecule has 0 bridgehead atoms. The summed E-state index contributed by atoms with van der Waals surface area (Å²) in [5.41, 5.74) is 0. The molecule has 4 nitrogen and oxygen atoms in total. The normalized spacial score (nSPS) is 17.7. The summed E-state index contributed by atoms with van der Waals surface area (Å²) in [5.74, 6) is 0.704. The number of ether oxygens (including phenoxy) is 3. The van der Waals surface area contributed by atoms with Crippen molar-refractivity contribution in [2.45, 2.75) is 13.0 Å². The molecule has 0 aliphatic carbocycles. The van der Waals surface area contributed by atoms with Crippen LogP contribution < -0.4 is 9.47 Å². The van der Waals surface area contributed by atoms with Crippen LogP contribution in [0.1, 0.15) is 6.92 Å². The lowest BCUT2D eigenvalue weighted by Crippen LogP contribution is -2.26. The highest BCUT2D eigenvalue weighted by molar-refractivity contribution is 5.77. The molecule has 1 heterocycles. The molecule has 1 aliphatic rings. The maximum absolute atomic E-state index is 11.5. The summed E-state index contributed by atoms with van der Waals surface area (Å²) in [6.45, 7) is 2.08. The third kappa shape index (κ3) is 2.16. The highest BCUT2D eigenvalue weighted by atomic mass is 16.6. The number of hydrogen-bond donors (Lipinski definition) is 0. The predicted molar refractivity (Wildman–Crippen MR) is 57.3 cm³/mol. The molecule has 0 saturated heterocycles. The molecule has 0 unspecified atom stereocenters. The molecule has 0 radical (unpaired) electrons. The van der Waals surface area contributed by atoms with Crippen LogP contribution in [0, 0.1) is 0 Å². The van der Waals surface area contributed by atoms with Gasteiger partial charge < -0.3 is 14.2 Å². The highest BCUT2D eigenvalue weighted by Gasteiger charge is 2.22. The van der Waals surface area contributed by atoms with E-state index in [0.717, 1.165) is 0 Å². The zero-order valence-corrected chi connectivity index (χ0v) is 8.88. The molecule has 0 spiro atoms. The van der Waals surface area contributed by atoms with Crippen molar-refractivity contribution in [1.82, 2.24) is 0 Å². The average molecular weight is 220 g/mol. The van der Waals surface area contributed by atoms with Crippen LogP contribution in [-0.4, -0.2) is 18.7 Å². The molecule has 1 aromatic rings. The summed E-state index contributed by atoms with van der Waals surface area (Å²) in [6, 6.07) is 7.16. The summed E-state index contributed by atoms with van der Waals surface area (Å²) >= 11 is 0. The van der Waals surface area contributed by atoms with Crippen LogP contribution >= 0.6 is 0 Å². The van der Waals surface area contributed by atoms with Crippen molar-refractivity contribution in [2.75, 3.05) is 6.61 Å². The van der Waals surface area contributed by atoms with Gasteiger partial charge in [0.25, 0.3) is 0 Å². The van der Waals surface area contributed by atoms with Crippen molar-refractivity contribution in [3.8, 4) is 11.5 Å². The topological polar surface area (TPSA) is 44.8 Å². The van der Waals surface area contributed by atoms with Crippen molar-refractivity contribution >= 4 is 5.97 Å². The number of esters is 1. The summed E-state index contributed by atoms with van der Waals surface area (Å²) in [7, 11) is 0. The Labute approximate surface area is 93.4 Å². The molecular formula is C12H12O4. The average Bonchev–Trinajstić information content (AvgIpc) is 2.51. The van der Waals surface area contributed by atoms with E-state index in [1.165, 1.54) is 12.3 Å². The highest BCUT2D eigenvalue weighted by Crippen LogP contribution is 2.29. The Balaban J connectivity index is 2.18. The van der Waals surface area contributed by atoms with Crippen molar-refractivity contribution in [3.63, 3.8) is 0 Å².